The number of urea groups is 1. The molecule has 2 amide bonds. The van der Waals surface area contributed by atoms with Gasteiger partial charge in [0.25, 0.3) is 10.0 Å². The zero-order valence-electron chi connectivity index (χ0n) is 11.0. The Kier molecular flexibility index (Phi) is 4.44. The molecule has 2 aromatic rings. The number of halogens is 1. The second kappa shape index (κ2) is 6.11. The second-order valence-corrected chi connectivity index (χ2v) is 6.27. The van der Waals surface area contributed by atoms with E-state index in [-0.39, 0.29) is 10.7 Å². The highest BCUT2D eigenvalue weighted by Crippen LogP contribution is 2.14. The molecule has 0 saturated carbocycles. The Morgan fingerprint density at radius 1 is 1.19 bits per heavy atom. The summed E-state index contributed by atoms with van der Waals surface area (Å²) in [5, 5.41) is 2.73. The summed E-state index contributed by atoms with van der Waals surface area (Å²) in [5.74, 6) is 0.192. The highest BCUT2D eigenvalue weighted by molar-refractivity contribution is 7.90. The van der Waals surface area contributed by atoms with Crippen LogP contribution < -0.4 is 10.0 Å². The Morgan fingerprint density at radius 2 is 1.90 bits per heavy atom. The average molecular weight is 326 g/mol. The van der Waals surface area contributed by atoms with Crippen LogP contribution in [0.15, 0.2) is 47.5 Å². The van der Waals surface area contributed by atoms with Crippen molar-refractivity contribution in [3.05, 3.63) is 53.2 Å². The summed E-state index contributed by atoms with van der Waals surface area (Å²) in [5.41, 5.74) is 0.544. The smallest absolute Gasteiger partial charge is 0.292 e. The van der Waals surface area contributed by atoms with Gasteiger partial charge in [-0.15, -0.1) is 0 Å². The van der Waals surface area contributed by atoms with Crippen molar-refractivity contribution in [1.82, 2.24) is 9.71 Å². The molecule has 1 heterocycles. The van der Waals surface area contributed by atoms with Gasteiger partial charge in [-0.1, -0.05) is 29.8 Å². The van der Waals surface area contributed by atoms with Crippen molar-refractivity contribution in [3.8, 4) is 0 Å². The minimum atomic E-state index is -3.93. The number of aryl methyl sites for hydroxylation is 1. The maximum absolute atomic E-state index is 12.1. The van der Waals surface area contributed by atoms with Crippen LogP contribution in [-0.4, -0.2) is 19.4 Å². The molecule has 0 unspecified atom stereocenters. The van der Waals surface area contributed by atoms with E-state index in [2.05, 4.69) is 10.3 Å². The van der Waals surface area contributed by atoms with Crippen LogP contribution in [0.25, 0.3) is 0 Å². The molecule has 8 heteroatoms. The number of carbonyl (C=O) groups excluding carboxylic acids is 1. The lowest BCUT2D eigenvalue weighted by atomic mass is 10.2. The molecular weight excluding hydrogens is 314 g/mol. The molecule has 0 bridgehead atoms. The van der Waals surface area contributed by atoms with Crippen LogP contribution in [0.5, 0.6) is 0 Å². The van der Waals surface area contributed by atoms with Gasteiger partial charge in [0.2, 0.25) is 0 Å². The Labute approximate surface area is 127 Å². The average Bonchev–Trinajstić information content (AvgIpc) is 2.41. The number of hydrogen-bond acceptors (Lipinski definition) is 4. The number of carbonyl (C=O) groups is 1. The Bertz CT molecular complexity index is 760. The lowest BCUT2D eigenvalue weighted by molar-refractivity contribution is 0.256. The van der Waals surface area contributed by atoms with Crippen LogP contribution in [0.2, 0.25) is 5.02 Å². The standard InChI is InChI=1S/C13H12ClN3O3S/c1-9-4-2-3-5-11(9)21(19,20)17-13(18)16-12-7-6-10(14)8-15-12/h2-8H,1H3,(H2,15,16,17,18). The lowest BCUT2D eigenvalue weighted by Gasteiger charge is -2.09. The van der Waals surface area contributed by atoms with E-state index in [1.807, 2.05) is 4.72 Å². The SMILES string of the molecule is Cc1ccccc1S(=O)(=O)NC(=O)Nc1ccc(Cl)cn1. The second-order valence-electron chi connectivity index (χ2n) is 4.19. The zero-order valence-corrected chi connectivity index (χ0v) is 12.6. The molecular formula is C13H12ClN3O3S. The van der Waals surface area contributed by atoms with Gasteiger partial charge in [-0.25, -0.2) is 22.9 Å². The van der Waals surface area contributed by atoms with Gasteiger partial charge in [0, 0.05) is 6.20 Å². The van der Waals surface area contributed by atoms with Crippen LogP contribution in [0.4, 0.5) is 10.6 Å². The molecule has 2 N–H and O–H groups in total. The number of nitrogens with one attached hydrogen (secondary N) is 2. The maximum Gasteiger partial charge on any atom is 0.334 e. The van der Waals surface area contributed by atoms with Gasteiger partial charge < -0.3 is 0 Å². The highest BCUT2D eigenvalue weighted by Gasteiger charge is 2.19. The molecule has 0 atom stereocenters. The van der Waals surface area contributed by atoms with Crippen LogP contribution in [0.3, 0.4) is 0 Å². The normalized spacial score (nSPS) is 11.0. The molecule has 1 aromatic carbocycles. The number of amides is 2. The minimum Gasteiger partial charge on any atom is -0.292 e. The van der Waals surface area contributed by atoms with Crippen LogP contribution in [0.1, 0.15) is 5.56 Å². The molecule has 110 valence electrons. The first kappa shape index (κ1) is 15.3. The maximum atomic E-state index is 12.1. The summed E-state index contributed by atoms with van der Waals surface area (Å²) in [7, 11) is -3.93. The summed E-state index contributed by atoms with van der Waals surface area (Å²) in [6.45, 7) is 1.65. The molecule has 0 fully saturated rings. The van der Waals surface area contributed by atoms with E-state index < -0.39 is 16.1 Å². The zero-order chi connectivity index (χ0) is 15.5. The predicted octanol–water partition coefficient (Wildman–Crippen LogP) is 2.55. The number of rotatable bonds is 3. The van der Waals surface area contributed by atoms with Crippen molar-refractivity contribution in [2.45, 2.75) is 11.8 Å². The van der Waals surface area contributed by atoms with Gasteiger partial charge in [0.15, 0.2) is 0 Å². The number of anilines is 1. The Hall–Kier alpha value is -2.12. The summed E-state index contributed by atoms with van der Waals surface area (Å²) >= 11 is 5.67. The van der Waals surface area contributed by atoms with E-state index in [0.717, 1.165) is 0 Å². The van der Waals surface area contributed by atoms with Gasteiger partial charge in [-0.05, 0) is 30.7 Å². The highest BCUT2D eigenvalue weighted by atomic mass is 35.5. The number of sulfonamides is 1. The number of aromatic nitrogens is 1. The first-order valence-electron chi connectivity index (χ1n) is 5.89. The predicted molar refractivity (Wildman–Crippen MR) is 79.8 cm³/mol. The monoisotopic (exact) mass is 325 g/mol. The fourth-order valence-corrected chi connectivity index (χ4v) is 2.89. The van der Waals surface area contributed by atoms with Crippen molar-refractivity contribution in [2.24, 2.45) is 0 Å². The van der Waals surface area contributed by atoms with Crippen LogP contribution in [0, 0.1) is 6.92 Å². The van der Waals surface area contributed by atoms with Gasteiger partial charge >= 0.3 is 6.03 Å². The molecule has 0 aliphatic carbocycles. The van der Waals surface area contributed by atoms with Gasteiger partial charge in [0.05, 0.1) is 9.92 Å². The topological polar surface area (TPSA) is 88.2 Å². The number of nitrogens with zero attached hydrogens (tertiary/aromatic N) is 1. The van der Waals surface area contributed by atoms with E-state index in [9.17, 15) is 13.2 Å². The molecule has 21 heavy (non-hydrogen) atoms. The molecule has 0 spiro atoms. The van der Waals surface area contributed by atoms with E-state index in [0.29, 0.717) is 10.6 Å². The first-order chi connectivity index (χ1) is 9.88. The van der Waals surface area contributed by atoms with E-state index in [1.54, 1.807) is 25.1 Å². The minimum absolute atomic E-state index is 0.0456. The molecule has 6 nitrogen and oxygen atoms in total. The van der Waals surface area contributed by atoms with Crippen LogP contribution >= 0.6 is 11.6 Å². The first-order valence-corrected chi connectivity index (χ1v) is 7.75. The van der Waals surface area contributed by atoms with E-state index in [1.165, 1.54) is 24.4 Å². The Balaban J connectivity index is 2.12. The Morgan fingerprint density at radius 3 is 2.52 bits per heavy atom. The molecule has 1 aromatic heterocycles. The van der Waals surface area contributed by atoms with Crippen LogP contribution in [-0.2, 0) is 10.0 Å². The van der Waals surface area contributed by atoms with Gasteiger partial charge in [-0.3, -0.25) is 5.32 Å². The van der Waals surface area contributed by atoms with Gasteiger partial charge in [0.1, 0.15) is 5.82 Å². The molecule has 0 saturated heterocycles. The fraction of sp³-hybridized carbons (Fsp3) is 0.0769. The van der Waals surface area contributed by atoms with E-state index >= 15 is 0 Å². The third kappa shape index (κ3) is 3.93. The molecule has 2 rings (SSSR count). The summed E-state index contributed by atoms with van der Waals surface area (Å²) in [4.78, 5) is 15.6. The van der Waals surface area contributed by atoms with E-state index in [4.69, 9.17) is 11.6 Å². The molecule has 0 radical (unpaired) electrons. The quantitative estimate of drug-likeness (QED) is 0.907. The summed E-state index contributed by atoms with van der Waals surface area (Å²) in [6.07, 6.45) is 1.34. The van der Waals surface area contributed by atoms with Gasteiger partial charge in [-0.2, -0.15) is 0 Å². The lowest BCUT2D eigenvalue weighted by Crippen LogP contribution is -2.34. The largest absolute Gasteiger partial charge is 0.334 e. The molecule has 0 aliphatic heterocycles. The van der Waals surface area contributed by atoms with Crippen molar-refractivity contribution in [3.63, 3.8) is 0 Å². The number of hydrogen-bond donors (Lipinski definition) is 2. The van der Waals surface area contributed by atoms with Crippen molar-refractivity contribution >= 4 is 33.5 Å². The summed E-state index contributed by atoms with van der Waals surface area (Å²) in [6, 6.07) is 8.46. The summed E-state index contributed by atoms with van der Waals surface area (Å²) < 4.78 is 26.1. The third-order valence-corrected chi connectivity index (χ3v) is 4.29. The van der Waals surface area contributed by atoms with Crippen molar-refractivity contribution in [1.29, 1.82) is 0 Å². The molecule has 0 aliphatic rings. The van der Waals surface area contributed by atoms with Crippen molar-refractivity contribution in [2.75, 3.05) is 5.32 Å². The number of benzene rings is 1. The third-order valence-electron chi connectivity index (χ3n) is 2.58. The van der Waals surface area contributed by atoms with Crippen molar-refractivity contribution < 1.29 is 13.2 Å². The number of pyridine rings is 1. The fourth-order valence-electron chi connectivity index (χ4n) is 1.63.